The molecular formula is C12H13Br2NO2S. The molecule has 0 aliphatic heterocycles. The van der Waals surface area contributed by atoms with Crippen molar-refractivity contribution in [3.63, 3.8) is 0 Å². The lowest BCUT2D eigenvalue weighted by Crippen LogP contribution is -2.43. The van der Waals surface area contributed by atoms with E-state index in [1.54, 1.807) is 12.1 Å². The van der Waals surface area contributed by atoms with E-state index in [9.17, 15) is 4.79 Å². The Hall–Kier alpha value is -0.200. The first kappa shape index (κ1) is 14.2. The van der Waals surface area contributed by atoms with Gasteiger partial charge in [-0.05, 0) is 62.9 Å². The van der Waals surface area contributed by atoms with Crippen molar-refractivity contribution < 1.29 is 9.53 Å². The van der Waals surface area contributed by atoms with Gasteiger partial charge in [-0.15, -0.1) is 0 Å². The summed E-state index contributed by atoms with van der Waals surface area (Å²) >= 11 is 11.2. The largest absolute Gasteiger partial charge is 0.413 e. The van der Waals surface area contributed by atoms with Crippen LogP contribution < -0.4 is 10.1 Å². The van der Waals surface area contributed by atoms with Crippen LogP contribution in [0.2, 0.25) is 0 Å². The van der Waals surface area contributed by atoms with Crippen LogP contribution >= 0.6 is 44.5 Å². The lowest BCUT2D eigenvalue weighted by molar-refractivity contribution is 0.194. The molecule has 0 atom stereocenters. The molecule has 1 aromatic rings. The summed E-state index contributed by atoms with van der Waals surface area (Å²) in [7, 11) is 0. The first-order valence-electron chi connectivity index (χ1n) is 5.66. The van der Waals surface area contributed by atoms with Gasteiger partial charge in [-0.25, -0.2) is 4.79 Å². The monoisotopic (exact) mass is 393 g/mol. The number of ether oxygens (including phenoxy) is 1. The second-order valence-electron chi connectivity index (χ2n) is 4.33. The summed E-state index contributed by atoms with van der Waals surface area (Å²) in [4.78, 5) is 11.3. The molecule has 2 rings (SSSR count). The average Bonchev–Trinajstić information content (AvgIpc) is 2.70. The quantitative estimate of drug-likeness (QED) is 0.572. The van der Waals surface area contributed by atoms with Gasteiger partial charge in [0, 0.05) is 8.95 Å². The van der Waals surface area contributed by atoms with Crippen LogP contribution in [0.5, 0.6) is 5.75 Å². The molecule has 1 aromatic carbocycles. The van der Waals surface area contributed by atoms with Gasteiger partial charge in [0.2, 0.25) is 0 Å². The van der Waals surface area contributed by atoms with Crippen LogP contribution in [0.1, 0.15) is 25.7 Å². The molecule has 0 unspecified atom stereocenters. The van der Waals surface area contributed by atoms with Crippen molar-refractivity contribution in [3.05, 3.63) is 27.1 Å². The highest BCUT2D eigenvalue weighted by Gasteiger charge is 2.32. The number of rotatable bonds is 2. The highest BCUT2D eigenvalue weighted by atomic mass is 79.9. The topological polar surface area (TPSA) is 38.3 Å². The van der Waals surface area contributed by atoms with E-state index in [0.717, 1.165) is 34.6 Å². The zero-order valence-corrected chi connectivity index (χ0v) is 13.6. The van der Waals surface area contributed by atoms with Gasteiger partial charge in [-0.1, -0.05) is 12.8 Å². The van der Waals surface area contributed by atoms with Gasteiger partial charge in [-0.2, -0.15) is 12.6 Å². The molecule has 0 aromatic heterocycles. The maximum absolute atomic E-state index is 11.8. The van der Waals surface area contributed by atoms with Crippen LogP contribution in [0.15, 0.2) is 27.1 Å². The van der Waals surface area contributed by atoms with Crippen molar-refractivity contribution >= 4 is 50.6 Å². The van der Waals surface area contributed by atoms with Crippen molar-refractivity contribution in [3.8, 4) is 5.75 Å². The Kier molecular flexibility index (Phi) is 4.61. The molecule has 18 heavy (non-hydrogen) atoms. The summed E-state index contributed by atoms with van der Waals surface area (Å²) in [5, 5.41) is 2.81. The molecule has 1 N–H and O–H groups in total. The molecule has 1 amide bonds. The fraction of sp³-hybridized carbons (Fsp3) is 0.417. The lowest BCUT2D eigenvalue weighted by Gasteiger charge is -2.23. The molecule has 98 valence electrons. The molecule has 0 heterocycles. The van der Waals surface area contributed by atoms with E-state index in [-0.39, 0.29) is 0 Å². The van der Waals surface area contributed by atoms with Crippen LogP contribution in [0.25, 0.3) is 0 Å². The van der Waals surface area contributed by atoms with Gasteiger partial charge in [0.05, 0.1) is 4.87 Å². The maximum Gasteiger partial charge on any atom is 0.413 e. The van der Waals surface area contributed by atoms with Crippen LogP contribution in [0.3, 0.4) is 0 Å². The summed E-state index contributed by atoms with van der Waals surface area (Å²) < 4.78 is 6.98. The van der Waals surface area contributed by atoms with E-state index in [2.05, 4.69) is 49.8 Å². The van der Waals surface area contributed by atoms with Crippen LogP contribution in [0, 0.1) is 0 Å². The van der Waals surface area contributed by atoms with Gasteiger partial charge < -0.3 is 10.1 Å². The van der Waals surface area contributed by atoms with E-state index in [1.165, 1.54) is 0 Å². The predicted octanol–water partition coefficient (Wildman–Crippen LogP) is 4.50. The Morgan fingerprint density at radius 3 is 2.56 bits per heavy atom. The first-order chi connectivity index (χ1) is 8.48. The molecule has 1 aliphatic carbocycles. The number of thiol groups is 1. The third-order valence-electron chi connectivity index (χ3n) is 2.87. The van der Waals surface area contributed by atoms with Crippen molar-refractivity contribution in [1.82, 2.24) is 5.32 Å². The predicted molar refractivity (Wildman–Crippen MR) is 81.2 cm³/mol. The Morgan fingerprint density at radius 2 is 1.94 bits per heavy atom. The number of nitrogens with one attached hydrogen (secondary N) is 1. The van der Waals surface area contributed by atoms with Crippen molar-refractivity contribution in [2.75, 3.05) is 0 Å². The van der Waals surface area contributed by atoms with Gasteiger partial charge in [0.1, 0.15) is 5.75 Å². The molecule has 0 spiro atoms. The van der Waals surface area contributed by atoms with Gasteiger partial charge in [-0.3, -0.25) is 0 Å². The molecule has 1 fully saturated rings. The molecule has 1 saturated carbocycles. The molecule has 3 nitrogen and oxygen atoms in total. The van der Waals surface area contributed by atoms with Crippen molar-refractivity contribution in [1.29, 1.82) is 0 Å². The standard InChI is InChI=1S/C12H13Br2NO2S/c13-9-4-3-8(7-10(9)14)17-11(16)15-12(18)5-1-2-6-12/h3-4,7,18H,1-2,5-6H2,(H,15,16). The second-order valence-corrected chi connectivity index (χ2v) is 6.89. The van der Waals surface area contributed by atoms with E-state index < -0.39 is 11.0 Å². The maximum atomic E-state index is 11.8. The lowest BCUT2D eigenvalue weighted by atomic mass is 10.2. The number of halogens is 2. The number of amides is 1. The second kappa shape index (κ2) is 5.84. The minimum absolute atomic E-state index is 0.413. The molecular weight excluding hydrogens is 382 g/mol. The fourth-order valence-corrected chi connectivity index (χ4v) is 2.96. The molecule has 6 heteroatoms. The summed E-state index contributed by atoms with van der Waals surface area (Å²) in [5.74, 6) is 0.498. The van der Waals surface area contributed by atoms with Crippen LogP contribution in [-0.2, 0) is 0 Å². The average molecular weight is 395 g/mol. The summed E-state index contributed by atoms with van der Waals surface area (Å²) in [6.45, 7) is 0. The summed E-state index contributed by atoms with van der Waals surface area (Å²) in [6.07, 6.45) is 3.49. The molecule has 0 bridgehead atoms. The number of hydrogen-bond donors (Lipinski definition) is 2. The van der Waals surface area contributed by atoms with E-state index >= 15 is 0 Å². The third-order valence-corrected chi connectivity index (χ3v) is 5.31. The minimum atomic E-state index is -0.457. The number of benzene rings is 1. The van der Waals surface area contributed by atoms with E-state index in [1.807, 2.05) is 6.07 Å². The Balaban J connectivity index is 1.96. The van der Waals surface area contributed by atoms with Crippen LogP contribution in [-0.4, -0.2) is 11.0 Å². The minimum Gasteiger partial charge on any atom is -0.410 e. The van der Waals surface area contributed by atoms with Gasteiger partial charge in [0.25, 0.3) is 0 Å². The van der Waals surface area contributed by atoms with E-state index in [4.69, 9.17) is 4.74 Å². The highest BCUT2D eigenvalue weighted by Crippen LogP contribution is 2.33. The Bertz CT molecular complexity index is 461. The third kappa shape index (κ3) is 3.65. The summed E-state index contributed by atoms with van der Waals surface area (Å²) in [6, 6.07) is 5.29. The van der Waals surface area contributed by atoms with Crippen molar-refractivity contribution in [2.24, 2.45) is 0 Å². The zero-order valence-electron chi connectivity index (χ0n) is 9.58. The fourth-order valence-electron chi connectivity index (χ4n) is 1.95. The smallest absolute Gasteiger partial charge is 0.410 e. The first-order valence-corrected chi connectivity index (χ1v) is 7.69. The Labute approximate surface area is 128 Å². The van der Waals surface area contributed by atoms with Gasteiger partial charge in [0.15, 0.2) is 0 Å². The van der Waals surface area contributed by atoms with Gasteiger partial charge >= 0.3 is 6.09 Å². The molecule has 0 radical (unpaired) electrons. The van der Waals surface area contributed by atoms with Crippen molar-refractivity contribution in [2.45, 2.75) is 30.6 Å². The number of hydrogen-bond acceptors (Lipinski definition) is 3. The summed E-state index contributed by atoms with van der Waals surface area (Å²) in [5.41, 5.74) is 0. The van der Waals surface area contributed by atoms with Crippen LogP contribution in [0.4, 0.5) is 4.79 Å². The normalized spacial score (nSPS) is 17.5. The molecule has 1 aliphatic rings. The highest BCUT2D eigenvalue weighted by molar-refractivity contribution is 9.13. The van der Waals surface area contributed by atoms with E-state index in [0.29, 0.717) is 5.75 Å². The number of carbonyl (C=O) groups is 1. The number of carbonyl (C=O) groups excluding carboxylic acids is 1. The SMILES string of the molecule is O=C(NC1(S)CCCC1)Oc1ccc(Br)c(Br)c1. The Morgan fingerprint density at radius 1 is 1.28 bits per heavy atom. The molecule has 0 saturated heterocycles. The zero-order chi connectivity index (χ0) is 13.2.